The van der Waals surface area contributed by atoms with Gasteiger partial charge in [-0.05, 0) is 48.4 Å². The number of anilines is 1. The maximum Gasteiger partial charge on any atom is 0.261 e. The molecule has 1 aliphatic heterocycles. The summed E-state index contributed by atoms with van der Waals surface area (Å²) in [5.74, 6) is -0.201. The van der Waals surface area contributed by atoms with Gasteiger partial charge in [-0.25, -0.2) is 0 Å². The average molecular weight is 394 g/mol. The molecule has 1 aromatic heterocycles. The molecule has 0 aliphatic carbocycles. The number of fused-ring (bicyclic) bond motifs is 2. The van der Waals surface area contributed by atoms with Crippen LogP contribution in [0.25, 0.3) is 10.8 Å². The summed E-state index contributed by atoms with van der Waals surface area (Å²) in [5, 5.41) is 2.28. The third-order valence-electron chi connectivity index (χ3n) is 6.16. The molecule has 148 valence electrons. The lowest BCUT2D eigenvalue weighted by atomic mass is 9.98. The van der Waals surface area contributed by atoms with Gasteiger partial charge >= 0.3 is 0 Å². The largest absolute Gasteiger partial charge is 0.348 e. The summed E-state index contributed by atoms with van der Waals surface area (Å²) in [6.07, 6.45) is 0. The van der Waals surface area contributed by atoms with Crippen molar-refractivity contribution in [2.24, 2.45) is 7.05 Å². The van der Waals surface area contributed by atoms with Gasteiger partial charge in [0.25, 0.3) is 5.91 Å². The molecule has 0 radical (unpaired) electrons. The van der Waals surface area contributed by atoms with Crippen LogP contribution in [-0.4, -0.2) is 16.3 Å². The number of hydrogen-bond acceptors (Lipinski definition) is 2. The molecule has 30 heavy (non-hydrogen) atoms. The van der Waals surface area contributed by atoms with Crippen molar-refractivity contribution >= 4 is 28.2 Å². The van der Waals surface area contributed by atoms with Crippen molar-refractivity contribution in [3.8, 4) is 0 Å². The summed E-state index contributed by atoms with van der Waals surface area (Å²) >= 11 is 0. The van der Waals surface area contributed by atoms with Crippen LogP contribution in [0.1, 0.15) is 50.6 Å². The summed E-state index contributed by atoms with van der Waals surface area (Å²) in [4.78, 5) is 28.0. The SMILES string of the molecule is CC(=O)c1c2c(n(C)c1C)C(c1ccc3ccccc3c1)N(c1ccccc1)C2=O. The molecule has 0 fully saturated rings. The smallest absolute Gasteiger partial charge is 0.261 e. The Bertz CT molecular complexity index is 1320. The first-order valence-corrected chi connectivity index (χ1v) is 10.1. The van der Waals surface area contributed by atoms with Gasteiger partial charge in [0, 0.05) is 18.4 Å². The number of Topliss-reactive ketones (excluding diaryl/α,β-unsaturated/α-hetero) is 1. The maximum absolute atomic E-state index is 13.7. The molecule has 5 rings (SSSR count). The minimum absolute atomic E-state index is 0.0788. The van der Waals surface area contributed by atoms with Gasteiger partial charge in [0.2, 0.25) is 0 Å². The number of para-hydroxylation sites is 1. The van der Waals surface area contributed by atoms with E-state index in [1.54, 1.807) is 0 Å². The lowest BCUT2D eigenvalue weighted by molar-refractivity contribution is 0.0970. The number of benzene rings is 3. The number of carbonyl (C=O) groups excluding carboxylic acids is 2. The van der Waals surface area contributed by atoms with Crippen LogP contribution in [0.15, 0.2) is 72.8 Å². The van der Waals surface area contributed by atoms with E-state index >= 15 is 0 Å². The van der Waals surface area contributed by atoms with Gasteiger partial charge in [0.1, 0.15) is 6.04 Å². The van der Waals surface area contributed by atoms with Crippen LogP contribution in [0, 0.1) is 6.92 Å². The van der Waals surface area contributed by atoms with E-state index < -0.39 is 0 Å². The molecule has 1 aliphatic rings. The van der Waals surface area contributed by atoms with Gasteiger partial charge in [-0.1, -0.05) is 54.6 Å². The van der Waals surface area contributed by atoms with E-state index in [0.717, 1.165) is 33.4 Å². The fraction of sp³-hybridized carbons (Fsp3) is 0.154. The van der Waals surface area contributed by atoms with Crippen LogP contribution >= 0.6 is 0 Å². The highest BCUT2D eigenvalue weighted by Gasteiger charge is 2.44. The Labute approximate surface area is 175 Å². The monoisotopic (exact) mass is 394 g/mol. The zero-order chi connectivity index (χ0) is 21.0. The number of hydrogen-bond donors (Lipinski definition) is 0. The number of rotatable bonds is 3. The minimum Gasteiger partial charge on any atom is -0.348 e. The second kappa shape index (κ2) is 6.70. The molecule has 0 bridgehead atoms. The predicted octanol–water partition coefficient (Wildman–Crippen LogP) is 5.44. The summed E-state index contributed by atoms with van der Waals surface area (Å²) in [5.41, 5.74) is 4.62. The molecule has 3 aromatic carbocycles. The summed E-state index contributed by atoms with van der Waals surface area (Å²) < 4.78 is 2.01. The minimum atomic E-state index is -0.295. The first-order chi connectivity index (χ1) is 14.5. The molecule has 0 N–H and O–H groups in total. The van der Waals surface area contributed by atoms with Crippen molar-refractivity contribution < 1.29 is 9.59 Å². The van der Waals surface area contributed by atoms with Gasteiger partial charge in [0.15, 0.2) is 5.78 Å². The van der Waals surface area contributed by atoms with E-state index in [0.29, 0.717) is 11.1 Å². The van der Waals surface area contributed by atoms with Crippen LogP contribution in [0.5, 0.6) is 0 Å². The zero-order valence-electron chi connectivity index (χ0n) is 17.2. The van der Waals surface area contributed by atoms with E-state index in [1.165, 1.54) is 6.92 Å². The molecule has 0 saturated carbocycles. The first kappa shape index (κ1) is 18.4. The molecule has 0 saturated heterocycles. The average Bonchev–Trinajstić information content (AvgIpc) is 3.20. The predicted molar refractivity (Wildman–Crippen MR) is 119 cm³/mol. The third kappa shape index (κ3) is 2.53. The van der Waals surface area contributed by atoms with Gasteiger partial charge < -0.3 is 4.57 Å². The van der Waals surface area contributed by atoms with Crippen LogP contribution in [0.4, 0.5) is 5.69 Å². The fourth-order valence-corrected chi connectivity index (χ4v) is 4.69. The highest BCUT2D eigenvalue weighted by atomic mass is 16.2. The van der Waals surface area contributed by atoms with Gasteiger partial charge in [-0.3, -0.25) is 14.5 Å². The quantitative estimate of drug-likeness (QED) is 0.434. The highest BCUT2D eigenvalue weighted by molar-refractivity contribution is 6.18. The van der Waals surface area contributed by atoms with E-state index in [2.05, 4.69) is 30.3 Å². The zero-order valence-corrected chi connectivity index (χ0v) is 17.2. The first-order valence-electron chi connectivity index (χ1n) is 10.1. The molecule has 2 heterocycles. The standard InChI is InChI=1S/C26H22N2O2/c1-16-22(17(2)29)23-25(27(16)3)24(28(26(23)30)21-11-5-4-6-12-21)20-14-13-18-9-7-8-10-19(18)15-20/h4-15,24H,1-3H3. The summed E-state index contributed by atoms with van der Waals surface area (Å²) in [6, 6.07) is 23.9. The summed E-state index contributed by atoms with van der Waals surface area (Å²) in [6.45, 7) is 3.44. The van der Waals surface area contributed by atoms with E-state index in [9.17, 15) is 9.59 Å². The van der Waals surface area contributed by atoms with Crippen LogP contribution in [0.3, 0.4) is 0 Å². The van der Waals surface area contributed by atoms with Gasteiger partial charge in [-0.15, -0.1) is 0 Å². The van der Waals surface area contributed by atoms with E-state index in [4.69, 9.17) is 0 Å². The van der Waals surface area contributed by atoms with E-state index in [1.807, 2.05) is 65.9 Å². The molecular weight excluding hydrogens is 372 g/mol. The molecule has 4 nitrogen and oxygen atoms in total. The third-order valence-corrected chi connectivity index (χ3v) is 6.16. The normalized spacial score (nSPS) is 15.6. The second-order valence-electron chi connectivity index (χ2n) is 7.86. The second-order valence-corrected chi connectivity index (χ2v) is 7.86. The maximum atomic E-state index is 13.7. The molecule has 1 atom stereocenters. The van der Waals surface area contributed by atoms with Gasteiger partial charge in [0.05, 0.1) is 16.8 Å². The Kier molecular flexibility index (Phi) is 4.10. The van der Waals surface area contributed by atoms with Crippen molar-refractivity contribution in [2.45, 2.75) is 19.9 Å². The molecular formula is C26H22N2O2. The van der Waals surface area contributed by atoms with Crippen molar-refractivity contribution in [2.75, 3.05) is 4.90 Å². The highest BCUT2D eigenvalue weighted by Crippen LogP contribution is 2.45. The molecule has 4 heteroatoms. The van der Waals surface area contributed by atoms with Crippen LogP contribution in [-0.2, 0) is 7.05 Å². The topological polar surface area (TPSA) is 42.3 Å². The Morgan fingerprint density at radius 3 is 2.27 bits per heavy atom. The molecule has 1 amide bonds. The lowest BCUT2D eigenvalue weighted by Gasteiger charge is -2.27. The Morgan fingerprint density at radius 1 is 0.900 bits per heavy atom. The Morgan fingerprint density at radius 2 is 1.57 bits per heavy atom. The molecule has 0 spiro atoms. The number of amides is 1. The van der Waals surface area contributed by atoms with Crippen LogP contribution < -0.4 is 4.90 Å². The lowest BCUT2D eigenvalue weighted by Crippen LogP contribution is -2.30. The van der Waals surface area contributed by atoms with Crippen molar-refractivity contribution in [3.05, 3.63) is 101 Å². The molecule has 4 aromatic rings. The summed E-state index contributed by atoms with van der Waals surface area (Å²) in [7, 11) is 1.94. The van der Waals surface area contributed by atoms with Crippen molar-refractivity contribution in [1.82, 2.24) is 4.57 Å². The van der Waals surface area contributed by atoms with Crippen molar-refractivity contribution in [1.29, 1.82) is 0 Å². The Balaban J connectivity index is 1.80. The van der Waals surface area contributed by atoms with Gasteiger partial charge in [-0.2, -0.15) is 0 Å². The van der Waals surface area contributed by atoms with Crippen molar-refractivity contribution in [3.63, 3.8) is 0 Å². The number of ketones is 1. The number of nitrogens with zero attached hydrogens (tertiary/aromatic N) is 2. The molecule has 1 unspecified atom stereocenters. The van der Waals surface area contributed by atoms with E-state index in [-0.39, 0.29) is 17.7 Å². The number of aromatic nitrogens is 1. The number of carbonyl (C=O) groups is 2. The van der Waals surface area contributed by atoms with Crippen LogP contribution in [0.2, 0.25) is 0 Å². The Hall–Kier alpha value is -3.66. The fourth-order valence-electron chi connectivity index (χ4n) is 4.69.